The van der Waals surface area contributed by atoms with Crippen LogP contribution in [-0.2, 0) is 22.5 Å². The molecule has 2 rings (SSSR count). The molecule has 0 spiro atoms. The maximum absolute atomic E-state index is 11.0. The van der Waals surface area contributed by atoms with Gasteiger partial charge < -0.3 is 9.30 Å². The number of benzene rings is 1. The van der Waals surface area contributed by atoms with Crippen LogP contribution in [0.1, 0.15) is 45.1 Å². The number of hydrogen-bond donors (Lipinski definition) is 0. The molecular formula is C18H22Cl2N2O2S. The first-order valence-corrected chi connectivity index (χ1v) is 9.75. The monoisotopic (exact) mass is 400 g/mol. The first kappa shape index (κ1) is 20.1. The summed E-state index contributed by atoms with van der Waals surface area (Å²) in [6, 6.07) is 5.51. The van der Waals surface area contributed by atoms with E-state index in [9.17, 15) is 4.79 Å². The zero-order valence-electron chi connectivity index (χ0n) is 14.8. The summed E-state index contributed by atoms with van der Waals surface area (Å²) in [5.74, 6) is 0.919. The molecule has 1 aromatic carbocycles. The highest BCUT2D eigenvalue weighted by Crippen LogP contribution is 2.37. The third-order valence-electron chi connectivity index (χ3n) is 3.57. The van der Waals surface area contributed by atoms with Gasteiger partial charge in [0.25, 0.3) is 0 Å². The highest BCUT2D eigenvalue weighted by Gasteiger charge is 2.20. The number of carbonyl (C=O) groups excluding carboxylic acids is 1. The highest BCUT2D eigenvalue weighted by molar-refractivity contribution is 7.99. The third-order valence-corrected chi connectivity index (χ3v) is 5.10. The molecule has 7 heteroatoms. The van der Waals surface area contributed by atoms with Gasteiger partial charge in [-0.05, 0) is 31.0 Å². The van der Waals surface area contributed by atoms with Crippen LogP contribution in [0.5, 0.6) is 0 Å². The van der Waals surface area contributed by atoms with Gasteiger partial charge >= 0.3 is 5.97 Å². The Kier molecular flexibility index (Phi) is 7.23. The fraction of sp³-hybridized carbons (Fsp3) is 0.444. The van der Waals surface area contributed by atoms with E-state index in [0.717, 1.165) is 28.0 Å². The Morgan fingerprint density at radius 1 is 1.28 bits per heavy atom. The maximum atomic E-state index is 11.0. The minimum Gasteiger partial charge on any atom is -0.465 e. The molecule has 0 amide bonds. The van der Waals surface area contributed by atoms with Crippen molar-refractivity contribution in [3.63, 3.8) is 0 Å². The molecule has 0 radical (unpaired) electrons. The van der Waals surface area contributed by atoms with Crippen LogP contribution in [0.15, 0.2) is 28.1 Å². The summed E-state index contributed by atoms with van der Waals surface area (Å²) in [6.45, 7) is 8.84. The van der Waals surface area contributed by atoms with Crippen molar-refractivity contribution >= 4 is 40.9 Å². The molecule has 0 saturated carbocycles. The molecule has 0 aliphatic heterocycles. The number of imidazole rings is 1. The van der Waals surface area contributed by atoms with E-state index in [4.69, 9.17) is 32.9 Å². The summed E-state index contributed by atoms with van der Waals surface area (Å²) in [4.78, 5) is 16.8. The molecule has 0 aliphatic carbocycles. The summed E-state index contributed by atoms with van der Waals surface area (Å²) >= 11 is 13.9. The van der Waals surface area contributed by atoms with Gasteiger partial charge in [0.2, 0.25) is 0 Å². The van der Waals surface area contributed by atoms with Gasteiger partial charge in [-0.15, -0.1) is 0 Å². The maximum Gasteiger partial charge on any atom is 0.302 e. The smallest absolute Gasteiger partial charge is 0.302 e. The Morgan fingerprint density at radius 3 is 2.44 bits per heavy atom. The number of aromatic nitrogens is 2. The van der Waals surface area contributed by atoms with E-state index in [1.807, 2.05) is 12.1 Å². The molecule has 0 unspecified atom stereocenters. The Bertz CT molecular complexity index is 740. The quantitative estimate of drug-likeness (QED) is 0.568. The normalized spacial score (nSPS) is 11.2. The molecule has 136 valence electrons. The summed E-state index contributed by atoms with van der Waals surface area (Å²) in [5, 5.41) is 2.30. The van der Waals surface area contributed by atoms with Crippen molar-refractivity contribution in [3.8, 4) is 0 Å². The van der Waals surface area contributed by atoms with Gasteiger partial charge in [-0.1, -0.05) is 48.8 Å². The van der Waals surface area contributed by atoms with Crippen molar-refractivity contribution in [2.24, 2.45) is 0 Å². The van der Waals surface area contributed by atoms with Crippen LogP contribution in [0.4, 0.5) is 0 Å². The second kappa shape index (κ2) is 8.97. The van der Waals surface area contributed by atoms with E-state index in [1.165, 1.54) is 6.92 Å². The molecule has 2 aromatic rings. The van der Waals surface area contributed by atoms with Crippen molar-refractivity contribution < 1.29 is 9.53 Å². The fourth-order valence-electron chi connectivity index (χ4n) is 2.49. The predicted octanol–water partition coefficient (Wildman–Crippen LogP) is 5.59. The Labute approximate surface area is 162 Å². The van der Waals surface area contributed by atoms with E-state index in [0.29, 0.717) is 23.1 Å². The Hall–Kier alpha value is -1.17. The van der Waals surface area contributed by atoms with Crippen molar-refractivity contribution in [2.75, 3.05) is 6.61 Å². The average molecular weight is 401 g/mol. The number of hydrogen-bond acceptors (Lipinski definition) is 4. The van der Waals surface area contributed by atoms with Gasteiger partial charge in [-0.2, -0.15) is 0 Å². The van der Waals surface area contributed by atoms with Crippen LogP contribution in [0, 0.1) is 0 Å². The SMILES string of the molecule is CCn1c(CCOC(C)=O)nc(C(C)C)c1Sc1cc(Cl)cc(Cl)c1. The number of rotatable bonds is 7. The second-order valence-electron chi connectivity index (χ2n) is 5.91. The Morgan fingerprint density at radius 2 is 1.92 bits per heavy atom. The van der Waals surface area contributed by atoms with Gasteiger partial charge in [0.15, 0.2) is 0 Å². The van der Waals surface area contributed by atoms with Gasteiger partial charge in [0.05, 0.1) is 12.3 Å². The number of halogens is 2. The van der Waals surface area contributed by atoms with Crippen molar-refractivity contribution in [2.45, 2.75) is 56.5 Å². The van der Waals surface area contributed by atoms with Crippen LogP contribution >= 0.6 is 35.0 Å². The molecular weight excluding hydrogens is 379 g/mol. The summed E-state index contributed by atoms with van der Waals surface area (Å²) in [6.07, 6.45) is 0.587. The molecule has 0 fully saturated rings. The lowest BCUT2D eigenvalue weighted by atomic mass is 10.1. The van der Waals surface area contributed by atoms with Gasteiger partial charge in [-0.3, -0.25) is 4.79 Å². The molecule has 25 heavy (non-hydrogen) atoms. The number of esters is 1. The third kappa shape index (κ3) is 5.40. The lowest BCUT2D eigenvalue weighted by Crippen LogP contribution is -2.09. The molecule has 4 nitrogen and oxygen atoms in total. The largest absolute Gasteiger partial charge is 0.465 e. The number of ether oxygens (including phenoxy) is 1. The van der Waals surface area contributed by atoms with Crippen LogP contribution < -0.4 is 0 Å². The first-order chi connectivity index (χ1) is 11.8. The highest BCUT2D eigenvalue weighted by atomic mass is 35.5. The zero-order valence-corrected chi connectivity index (χ0v) is 17.1. The van der Waals surface area contributed by atoms with Crippen LogP contribution in [0.3, 0.4) is 0 Å². The summed E-state index contributed by atoms with van der Waals surface area (Å²) < 4.78 is 7.24. The standard InChI is InChI=1S/C18H22Cl2N2O2S/c1-5-22-16(6-7-24-12(4)23)21-17(11(2)3)18(22)25-15-9-13(19)8-14(20)10-15/h8-11H,5-7H2,1-4H3. The molecule has 1 heterocycles. The zero-order chi connectivity index (χ0) is 18.6. The Balaban J connectivity index is 2.36. The molecule has 0 saturated heterocycles. The van der Waals surface area contributed by atoms with Crippen molar-refractivity contribution in [1.29, 1.82) is 0 Å². The molecule has 0 N–H and O–H groups in total. The fourth-order valence-corrected chi connectivity index (χ4v) is 4.47. The molecule has 0 atom stereocenters. The minimum atomic E-state index is -0.276. The number of nitrogens with zero attached hydrogens (tertiary/aromatic N) is 2. The molecule has 0 aliphatic rings. The topological polar surface area (TPSA) is 44.1 Å². The molecule has 0 bridgehead atoms. The lowest BCUT2D eigenvalue weighted by molar-refractivity contribution is -0.140. The predicted molar refractivity (Wildman–Crippen MR) is 103 cm³/mol. The van der Waals surface area contributed by atoms with Crippen molar-refractivity contribution in [3.05, 3.63) is 39.8 Å². The van der Waals surface area contributed by atoms with Crippen LogP contribution in [-0.4, -0.2) is 22.1 Å². The van der Waals surface area contributed by atoms with Crippen molar-refractivity contribution in [1.82, 2.24) is 9.55 Å². The average Bonchev–Trinajstić information content (AvgIpc) is 2.83. The summed E-state index contributed by atoms with van der Waals surface area (Å²) in [5.41, 5.74) is 1.03. The van der Waals surface area contributed by atoms with Gasteiger partial charge in [0.1, 0.15) is 10.9 Å². The first-order valence-electron chi connectivity index (χ1n) is 8.18. The van der Waals surface area contributed by atoms with E-state index in [-0.39, 0.29) is 11.9 Å². The second-order valence-corrected chi connectivity index (χ2v) is 7.85. The van der Waals surface area contributed by atoms with E-state index < -0.39 is 0 Å². The van der Waals surface area contributed by atoms with Crippen LogP contribution in [0.25, 0.3) is 0 Å². The van der Waals surface area contributed by atoms with Gasteiger partial charge in [0, 0.05) is 34.8 Å². The van der Waals surface area contributed by atoms with E-state index in [2.05, 4.69) is 25.3 Å². The van der Waals surface area contributed by atoms with Crippen LogP contribution in [0.2, 0.25) is 10.0 Å². The van der Waals surface area contributed by atoms with E-state index >= 15 is 0 Å². The number of carbonyl (C=O) groups is 1. The minimum absolute atomic E-state index is 0.275. The lowest BCUT2D eigenvalue weighted by Gasteiger charge is -2.12. The van der Waals surface area contributed by atoms with Gasteiger partial charge in [-0.25, -0.2) is 4.98 Å². The summed E-state index contributed by atoms with van der Waals surface area (Å²) in [7, 11) is 0. The van der Waals surface area contributed by atoms with E-state index in [1.54, 1.807) is 17.8 Å². The molecule has 1 aromatic heterocycles.